The van der Waals surface area contributed by atoms with Crippen molar-refractivity contribution in [3.05, 3.63) is 76.4 Å². The summed E-state index contributed by atoms with van der Waals surface area (Å²) in [6, 6.07) is 13.7. The molecule has 0 saturated carbocycles. The van der Waals surface area contributed by atoms with E-state index in [0.717, 1.165) is 44.0 Å². The molecule has 30 heavy (non-hydrogen) atoms. The zero-order valence-corrected chi connectivity index (χ0v) is 18.3. The first-order valence-corrected chi connectivity index (χ1v) is 10.6. The number of hydrogen-bond acceptors (Lipinski definition) is 5. The van der Waals surface area contributed by atoms with Gasteiger partial charge in [0.25, 0.3) is 5.91 Å². The van der Waals surface area contributed by atoms with Crippen LogP contribution < -0.4 is 4.74 Å². The molecule has 0 aliphatic rings. The summed E-state index contributed by atoms with van der Waals surface area (Å²) in [6.07, 6.45) is 1.79. The van der Waals surface area contributed by atoms with Gasteiger partial charge in [-0.1, -0.05) is 24.3 Å². The molecule has 0 unspecified atom stereocenters. The Hall–Kier alpha value is -3.25. The summed E-state index contributed by atoms with van der Waals surface area (Å²) in [5, 5.41) is 2.86. The lowest BCUT2D eigenvalue weighted by atomic mass is 10.1. The summed E-state index contributed by atoms with van der Waals surface area (Å²) < 4.78 is 5.51. The Morgan fingerprint density at radius 2 is 1.97 bits per heavy atom. The summed E-state index contributed by atoms with van der Waals surface area (Å²) in [4.78, 5) is 25.5. The maximum Gasteiger partial charge on any atom is 0.254 e. The number of rotatable bonds is 5. The van der Waals surface area contributed by atoms with E-state index in [9.17, 15) is 4.79 Å². The van der Waals surface area contributed by atoms with Crippen LogP contribution in [-0.2, 0) is 6.54 Å². The van der Waals surface area contributed by atoms with E-state index in [1.54, 1.807) is 36.6 Å². The van der Waals surface area contributed by atoms with Crippen LogP contribution in [0.3, 0.4) is 0 Å². The van der Waals surface area contributed by atoms with E-state index in [2.05, 4.69) is 4.98 Å². The predicted octanol–water partition coefficient (Wildman–Crippen LogP) is 5.26. The molecule has 6 heteroatoms. The Morgan fingerprint density at radius 1 is 1.17 bits per heavy atom. The van der Waals surface area contributed by atoms with Gasteiger partial charge in [0.05, 0.1) is 41.0 Å². The first-order chi connectivity index (χ1) is 14.5. The predicted molar refractivity (Wildman–Crippen MR) is 121 cm³/mol. The van der Waals surface area contributed by atoms with Crippen molar-refractivity contribution in [3.63, 3.8) is 0 Å². The van der Waals surface area contributed by atoms with Crippen molar-refractivity contribution in [1.82, 2.24) is 14.9 Å². The van der Waals surface area contributed by atoms with E-state index in [-0.39, 0.29) is 5.91 Å². The number of benzene rings is 1. The van der Waals surface area contributed by atoms with Gasteiger partial charge in [0, 0.05) is 29.8 Å². The molecular formula is C24H23N3O2S. The van der Waals surface area contributed by atoms with Crippen LogP contribution in [0.25, 0.3) is 21.5 Å². The van der Waals surface area contributed by atoms with Crippen LogP contribution in [0.2, 0.25) is 0 Å². The van der Waals surface area contributed by atoms with Gasteiger partial charge in [-0.3, -0.25) is 9.78 Å². The number of pyridine rings is 2. The standard InChI is InChI=1S/C24H23N3O2S/c1-15-13-25-21(16(2)23(15)29-4)14-27(3)24(28)18-12-20(22-10-7-11-30-22)26-19-9-6-5-8-17(18)19/h5-13H,14H2,1-4H3. The van der Waals surface area contributed by atoms with E-state index >= 15 is 0 Å². The third-order valence-corrected chi connectivity index (χ3v) is 6.10. The van der Waals surface area contributed by atoms with Crippen LogP contribution in [0.1, 0.15) is 27.2 Å². The molecule has 1 aromatic carbocycles. The van der Waals surface area contributed by atoms with Crippen molar-refractivity contribution in [2.75, 3.05) is 14.2 Å². The number of carbonyl (C=O) groups is 1. The van der Waals surface area contributed by atoms with Crippen LogP contribution in [0, 0.1) is 13.8 Å². The highest BCUT2D eigenvalue weighted by molar-refractivity contribution is 7.13. The fraction of sp³-hybridized carbons (Fsp3) is 0.208. The first kappa shape index (κ1) is 20.0. The Morgan fingerprint density at radius 3 is 2.70 bits per heavy atom. The van der Waals surface area contributed by atoms with Gasteiger partial charge < -0.3 is 9.64 Å². The number of methoxy groups -OCH3 is 1. The molecule has 0 saturated heterocycles. The monoisotopic (exact) mass is 417 g/mol. The summed E-state index contributed by atoms with van der Waals surface area (Å²) in [5.41, 5.74) is 5.02. The molecule has 0 N–H and O–H groups in total. The highest BCUT2D eigenvalue weighted by Crippen LogP contribution is 2.29. The number of nitrogens with zero attached hydrogens (tertiary/aromatic N) is 3. The number of carbonyl (C=O) groups excluding carboxylic acids is 1. The van der Waals surface area contributed by atoms with E-state index in [4.69, 9.17) is 9.72 Å². The van der Waals surface area contributed by atoms with Gasteiger partial charge in [0.1, 0.15) is 5.75 Å². The minimum atomic E-state index is -0.0628. The van der Waals surface area contributed by atoms with Crippen LogP contribution in [0.4, 0.5) is 0 Å². The Bertz CT molecular complexity index is 1220. The second kappa shape index (κ2) is 8.24. The van der Waals surface area contributed by atoms with Crippen LogP contribution in [0.15, 0.2) is 54.0 Å². The molecule has 152 valence electrons. The third-order valence-electron chi connectivity index (χ3n) is 5.20. The topological polar surface area (TPSA) is 55.3 Å². The number of aromatic nitrogens is 2. The third kappa shape index (κ3) is 3.66. The number of aryl methyl sites for hydroxylation is 1. The van der Waals surface area contributed by atoms with E-state index < -0.39 is 0 Å². The lowest BCUT2D eigenvalue weighted by Gasteiger charge is -2.20. The molecule has 4 rings (SSSR count). The molecule has 0 atom stereocenters. The highest BCUT2D eigenvalue weighted by atomic mass is 32.1. The largest absolute Gasteiger partial charge is 0.496 e. The van der Waals surface area contributed by atoms with Gasteiger partial charge in [0.15, 0.2) is 0 Å². The highest BCUT2D eigenvalue weighted by Gasteiger charge is 2.20. The maximum atomic E-state index is 13.5. The fourth-order valence-corrected chi connectivity index (χ4v) is 4.32. The van der Waals surface area contributed by atoms with Crippen molar-refractivity contribution in [2.45, 2.75) is 20.4 Å². The van der Waals surface area contributed by atoms with E-state index in [1.165, 1.54) is 0 Å². The second-order valence-corrected chi connectivity index (χ2v) is 8.20. The van der Waals surface area contributed by atoms with Crippen molar-refractivity contribution in [1.29, 1.82) is 0 Å². The summed E-state index contributed by atoms with van der Waals surface area (Å²) in [6.45, 7) is 4.34. The van der Waals surface area contributed by atoms with Crippen LogP contribution in [0.5, 0.6) is 5.75 Å². The lowest BCUT2D eigenvalue weighted by Crippen LogP contribution is -2.27. The van der Waals surface area contributed by atoms with Gasteiger partial charge >= 0.3 is 0 Å². The van der Waals surface area contributed by atoms with Gasteiger partial charge in [-0.25, -0.2) is 4.98 Å². The summed E-state index contributed by atoms with van der Waals surface area (Å²) in [5.74, 6) is 0.752. The second-order valence-electron chi connectivity index (χ2n) is 7.26. The van der Waals surface area contributed by atoms with Crippen molar-refractivity contribution in [3.8, 4) is 16.3 Å². The minimum Gasteiger partial charge on any atom is -0.496 e. The quantitative estimate of drug-likeness (QED) is 0.445. The molecule has 0 fully saturated rings. The zero-order chi connectivity index (χ0) is 21.3. The maximum absolute atomic E-state index is 13.5. The molecule has 0 bridgehead atoms. The van der Waals surface area contributed by atoms with Gasteiger partial charge in [-0.05, 0) is 37.4 Å². The molecule has 0 aliphatic heterocycles. The Labute approximate surface area is 180 Å². The van der Waals surface area contributed by atoms with E-state index in [1.807, 2.05) is 61.7 Å². The number of thiophene rings is 1. The normalized spacial score (nSPS) is 10.9. The van der Waals surface area contributed by atoms with E-state index in [0.29, 0.717) is 12.1 Å². The van der Waals surface area contributed by atoms with Gasteiger partial charge in [-0.2, -0.15) is 0 Å². The number of fused-ring (bicyclic) bond motifs is 1. The molecule has 0 spiro atoms. The smallest absolute Gasteiger partial charge is 0.254 e. The van der Waals surface area contributed by atoms with Gasteiger partial charge in [0.2, 0.25) is 0 Å². The molecular weight excluding hydrogens is 394 g/mol. The average molecular weight is 418 g/mol. The summed E-state index contributed by atoms with van der Waals surface area (Å²) >= 11 is 1.61. The SMILES string of the molecule is COc1c(C)cnc(CN(C)C(=O)c2cc(-c3cccs3)nc3ccccc23)c1C. The Kier molecular flexibility index (Phi) is 5.50. The average Bonchev–Trinajstić information content (AvgIpc) is 3.30. The Balaban J connectivity index is 1.72. The fourth-order valence-electron chi connectivity index (χ4n) is 3.64. The van der Waals surface area contributed by atoms with Crippen molar-refractivity contribution >= 4 is 28.1 Å². The number of hydrogen-bond donors (Lipinski definition) is 0. The molecule has 0 radical (unpaired) electrons. The molecule has 3 heterocycles. The van der Waals surface area contributed by atoms with Crippen LogP contribution in [-0.4, -0.2) is 34.9 Å². The molecule has 4 aromatic rings. The molecule has 3 aromatic heterocycles. The van der Waals surface area contributed by atoms with Gasteiger partial charge in [-0.15, -0.1) is 11.3 Å². The summed E-state index contributed by atoms with van der Waals surface area (Å²) in [7, 11) is 3.46. The minimum absolute atomic E-state index is 0.0628. The van der Waals surface area contributed by atoms with Crippen molar-refractivity contribution < 1.29 is 9.53 Å². The molecule has 0 aliphatic carbocycles. The number of para-hydroxylation sites is 1. The van der Waals surface area contributed by atoms with Crippen LogP contribution >= 0.6 is 11.3 Å². The number of ether oxygens (including phenoxy) is 1. The van der Waals surface area contributed by atoms with Crippen molar-refractivity contribution in [2.24, 2.45) is 0 Å². The molecule has 5 nitrogen and oxygen atoms in total. The lowest BCUT2D eigenvalue weighted by molar-refractivity contribution is 0.0785. The first-order valence-electron chi connectivity index (χ1n) is 9.67. The number of amides is 1. The zero-order valence-electron chi connectivity index (χ0n) is 17.5. The molecule has 1 amide bonds.